The lowest BCUT2D eigenvalue weighted by molar-refractivity contribution is -0.155. The molecule has 2 fully saturated rings. The first kappa shape index (κ1) is 19.3. The molecule has 8 heteroatoms. The molecular weight excluding hydrogens is 381 g/mol. The molecule has 2 aliphatic rings. The van der Waals surface area contributed by atoms with E-state index < -0.39 is 0 Å². The van der Waals surface area contributed by atoms with Crippen LogP contribution < -0.4 is 4.74 Å². The summed E-state index contributed by atoms with van der Waals surface area (Å²) in [5, 5.41) is 2.09. The quantitative estimate of drug-likeness (QED) is 0.739. The maximum absolute atomic E-state index is 13.0. The van der Waals surface area contributed by atoms with Gasteiger partial charge in [0.25, 0.3) is 0 Å². The first-order valence-electron chi connectivity index (χ1n) is 9.57. The predicted octanol–water partition coefficient (Wildman–Crippen LogP) is 2.55. The molecule has 1 aromatic heterocycles. The fourth-order valence-electron chi connectivity index (χ4n) is 3.77. The maximum Gasteiger partial charge on any atom is 0.248 e. The smallest absolute Gasteiger partial charge is 0.248 e. The summed E-state index contributed by atoms with van der Waals surface area (Å²) in [6.07, 6.45) is 3.69. The van der Waals surface area contributed by atoms with Crippen molar-refractivity contribution in [2.75, 3.05) is 32.8 Å². The van der Waals surface area contributed by atoms with Gasteiger partial charge < -0.3 is 14.4 Å². The minimum atomic E-state index is -0.292. The predicted molar refractivity (Wildman–Crippen MR) is 104 cm³/mol. The SMILES string of the molecule is O=C1COC(COc2ccc(F)cc2)CN1C1CCN(Cc2cnsc2)CC1. The van der Waals surface area contributed by atoms with E-state index in [1.165, 1.54) is 29.2 Å². The maximum atomic E-state index is 13.0. The number of amides is 1. The number of piperidine rings is 1. The van der Waals surface area contributed by atoms with Crippen molar-refractivity contribution in [2.45, 2.75) is 31.5 Å². The average Bonchev–Trinajstić information content (AvgIpc) is 3.22. The van der Waals surface area contributed by atoms with Gasteiger partial charge in [-0.3, -0.25) is 9.69 Å². The number of halogens is 1. The fourth-order valence-corrected chi connectivity index (χ4v) is 4.30. The van der Waals surface area contributed by atoms with Crippen LogP contribution in [0.1, 0.15) is 18.4 Å². The van der Waals surface area contributed by atoms with Crippen LogP contribution in [0.2, 0.25) is 0 Å². The number of carbonyl (C=O) groups is 1. The molecular formula is C20H24FN3O3S. The number of hydrogen-bond donors (Lipinski definition) is 0. The number of likely N-dealkylation sites (tertiary alicyclic amines) is 1. The van der Waals surface area contributed by atoms with Crippen molar-refractivity contribution in [1.29, 1.82) is 0 Å². The molecule has 3 heterocycles. The largest absolute Gasteiger partial charge is 0.491 e. The summed E-state index contributed by atoms with van der Waals surface area (Å²) in [6.45, 7) is 3.86. The van der Waals surface area contributed by atoms with Gasteiger partial charge in [0.2, 0.25) is 5.91 Å². The van der Waals surface area contributed by atoms with Crippen LogP contribution in [0.5, 0.6) is 5.75 Å². The molecule has 2 saturated heterocycles. The first-order valence-corrected chi connectivity index (χ1v) is 10.4. The van der Waals surface area contributed by atoms with Gasteiger partial charge in [-0.2, -0.15) is 0 Å². The van der Waals surface area contributed by atoms with E-state index in [9.17, 15) is 9.18 Å². The molecule has 0 saturated carbocycles. The van der Waals surface area contributed by atoms with Crippen LogP contribution in [-0.2, 0) is 16.1 Å². The number of nitrogens with zero attached hydrogens (tertiary/aromatic N) is 3. The molecule has 0 N–H and O–H groups in total. The number of ether oxygens (including phenoxy) is 2. The molecule has 1 amide bonds. The zero-order valence-electron chi connectivity index (χ0n) is 15.6. The summed E-state index contributed by atoms with van der Waals surface area (Å²) < 4.78 is 28.5. The highest BCUT2D eigenvalue weighted by Crippen LogP contribution is 2.22. The molecule has 4 rings (SSSR count). The minimum Gasteiger partial charge on any atom is -0.491 e. The van der Waals surface area contributed by atoms with E-state index in [1.54, 1.807) is 12.1 Å². The molecule has 1 unspecified atom stereocenters. The Morgan fingerprint density at radius 1 is 1.25 bits per heavy atom. The first-order chi connectivity index (χ1) is 13.7. The minimum absolute atomic E-state index is 0.0542. The third-order valence-corrected chi connectivity index (χ3v) is 5.94. The van der Waals surface area contributed by atoms with Crippen molar-refractivity contribution in [3.8, 4) is 5.75 Å². The third kappa shape index (κ3) is 4.87. The summed E-state index contributed by atoms with van der Waals surface area (Å²) in [6, 6.07) is 6.18. The van der Waals surface area contributed by atoms with Gasteiger partial charge in [0.15, 0.2) is 0 Å². The highest BCUT2D eigenvalue weighted by molar-refractivity contribution is 7.03. The number of benzene rings is 1. The number of hydrogen-bond acceptors (Lipinski definition) is 6. The molecule has 6 nitrogen and oxygen atoms in total. The van der Waals surface area contributed by atoms with Gasteiger partial charge >= 0.3 is 0 Å². The molecule has 1 aromatic carbocycles. The number of carbonyl (C=O) groups excluding carboxylic acids is 1. The molecule has 0 radical (unpaired) electrons. The standard InChI is InChI=1S/C20H24FN3O3S/c21-16-1-3-18(4-2-16)26-12-19-11-24(20(25)13-27-19)17-5-7-23(8-6-17)10-15-9-22-28-14-15/h1-4,9,14,17,19H,5-8,10-13H2. The van der Waals surface area contributed by atoms with E-state index in [4.69, 9.17) is 9.47 Å². The van der Waals surface area contributed by atoms with Gasteiger partial charge in [-0.25, -0.2) is 8.76 Å². The van der Waals surface area contributed by atoms with Crippen LogP contribution in [-0.4, -0.2) is 65.1 Å². The van der Waals surface area contributed by atoms with Crippen LogP contribution in [0.4, 0.5) is 4.39 Å². The number of aromatic nitrogens is 1. The van der Waals surface area contributed by atoms with Crippen molar-refractivity contribution in [1.82, 2.24) is 14.2 Å². The normalized spacial score (nSPS) is 21.8. The van der Waals surface area contributed by atoms with Crippen molar-refractivity contribution < 1.29 is 18.7 Å². The molecule has 2 aliphatic heterocycles. The van der Waals surface area contributed by atoms with Crippen molar-refractivity contribution in [3.63, 3.8) is 0 Å². The Labute approximate surface area is 168 Å². The van der Waals surface area contributed by atoms with E-state index in [0.717, 1.165) is 32.5 Å². The van der Waals surface area contributed by atoms with Gasteiger partial charge in [-0.15, -0.1) is 0 Å². The topological polar surface area (TPSA) is 54.9 Å². The average molecular weight is 405 g/mol. The molecule has 2 aromatic rings. The second-order valence-corrected chi connectivity index (χ2v) is 7.94. The molecule has 28 heavy (non-hydrogen) atoms. The second kappa shape index (κ2) is 8.98. The Bertz CT molecular complexity index is 764. The Morgan fingerprint density at radius 3 is 2.75 bits per heavy atom. The summed E-state index contributed by atoms with van der Waals surface area (Å²) in [5.41, 5.74) is 1.25. The zero-order chi connectivity index (χ0) is 19.3. The Kier molecular flexibility index (Phi) is 6.19. The number of morpholine rings is 1. The Balaban J connectivity index is 1.26. The lowest BCUT2D eigenvalue weighted by Gasteiger charge is -2.42. The van der Waals surface area contributed by atoms with E-state index in [1.807, 2.05) is 11.1 Å². The molecule has 0 spiro atoms. The summed E-state index contributed by atoms with van der Waals surface area (Å²) in [5.74, 6) is 0.364. The van der Waals surface area contributed by atoms with Crippen LogP contribution >= 0.6 is 11.5 Å². The van der Waals surface area contributed by atoms with Crippen molar-refractivity contribution in [3.05, 3.63) is 47.2 Å². The molecule has 150 valence electrons. The fraction of sp³-hybridized carbons (Fsp3) is 0.500. The lowest BCUT2D eigenvalue weighted by atomic mass is 10.0. The van der Waals surface area contributed by atoms with Crippen molar-refractivity contribution in [2.24, 2.45) is 0 Å². The van der Waals surface area contributed by atoms with Crippen LogP contribution in [0.25, 0.3) is 0 Å². The summed E-state index contributed by atoms with van der Waals surface area (Å²) in [7, 11) is 0. The van der Waals surface area contributed by atoms with Gasteiger partial charge in [-0.1, -0.05) is 0 Å². The van der Waals surface area contributed by atoms with Gasteiger partial charge in [0.05, 0.1) is 6.54 Å². The summed E-state index contributed by atoms with van der Waals surface area (Å²) in [4.78, 5) is 16.8. The Morgan fingerprint density at radius 2 is 2.04 bits per heavy atom. The highest BCUT2D eigenvalue weighted by atomic mass is 32.1. The van der Waals surface area contributed by atoms with Crippen molar-refractivity contribution >= 4 is 17.4 Å². The van der Waals surface area contributed by atoms with E-state index in [-0.39, 0.29) is 30.5 Å². The van der Waals surface area contributed by atoms with E-state index in [2.05, 4.69) is 14.7 Å². The van der Waals surface area contributed by atoms with Gasteiger partial charge in [0.1, 0.15) is 30.9 Å². The van der Waals surface area contributed by atoms with Gasteiger partial charge in [-0.05, 0) is 54.2 Å². The highest BCUT2D eigenvalue weighted by Gasteiger charge is 2.33. The summed E-state index contributed by atoms with van der Waals surface area (Å²) >= 11 is 1.48. The monoisotopic (exact) mass is 405 g/mol. The third-order valence-electron chi connectivity index (χ3n) is 5.30. The van der Waals surface area contributed by atoms with E-state index in [0.29, 0.717) is 18.9 Å². The van der Waals surface area contributed by atoms with Crippen LogP contribution in [0.15, 0.2) is 35.8 Å². The zero-order valence-corrected chi connectivity index (χ0v) is 16.4. The Hall–Kier alpha value is -2.03. The lowest BCUT2D eigenvalue weighted by Crippen LogP contribution is -2.55. The molecule has 0 aliphatic carbocycles. The van der Waals surface area contributed by atoms with E-state index >= 15 is 0 Å². The molecule has 1 atom stereocenters. The van der Waals surface area contributed by atoms with Gasteiger partial charge in [0, 0.05) is 37.3 Å². The van der Waals surface area contributed by atoms with Crippen LogP contribution in [0.3, 0.4) is 0 Å². The second-order valence-electron chi connectivity index (χ2n) is 7.28. The van der Waals surface area contributed by atoms with Crippen LogP contribution in [0, 0.1) is 5.82 Å². The molecule has 0 bridgehead atoms. The number of rotatable bonds is 6.